The van der Waals surface area contributed by atoms with Crippen molar-refractivity contribution in [2.24, 2.45) is 0 Å². The second-order valence-corrected chi connectivity index (χ2v) is 7.01. The van der Waals surface area contributed by atoms with E-state index in [1.807, 2.05) is 32.0 Å². The Balaban J connectivity index is 1.47. The van der Waals surface area contributed by atoms with Gasteiger partial charge in [0.2, 0.25) is 0 Å². The van der Waals surface area contributed by atoms with E-state index >= 15 is 0 Å². The smallest absolute Gasteiger partial charge is 0.258 e. The predicted molar refractivity (Wildman–Crippen MR) is 89.7 cm³/mol. The number of carbonyl (C=O) groups is 1. The summed E-state index contributed by atoms with van der Waals surface area (Å²) in [5.74, 6) is 0.721. The molecule has 1 heterocycles. The topological polar surface area (TPSA) is 47.6 Å². The molecular weight excluding hydrogens is 290 g/mol. The zero-order valence-electron chi connectivity index (χ0n) is 14.2. The van der Waals surface area contributed by atoms with Gasteiger partial charge in [0.1, 0.15) is 5.75 Å². The number of ether oxygens (including phenoxy) is 2. The van der Waals surface area contributed by atoms with E-state index in [0.29, 0.717) is 6.61 Å². The third-order valence-electron chi connectivity index (χ3n) is 5.25. The van der Waals surface area contributed by atoms with Gasteiger partial charge in [-0.3, -0.25) is 4.79 Å². The maximum absolute atomic E-state index is 12.1. The van der Waals surface area contributed by atoms with Crippen LogP contribution in [0.25, 0.3) is 0 Å². The Bertz CT molecular complexity index is 564. The summed E-state index contributed by atoms with van der Waals surface area (Å²) in [6.07, 6.45) is 7.03. The molecule has 1 aliphatic carbocycles. The van der Waals surface area contributed by atoms with E-state index in [4.69, 9.17) is 9.47 Å². The van der Waals surface area contributed by atoms with Gasteiger partial charge in [-0.1, -0.05) is 31.4 Å². The number of carbonyl (C=O) groups excluding carboxylic acids is 1. The number of nitrogens with one attached hydrogen (secondary N) is 1. The van der Waals surface area contributed by atoms with Crippen LogP contribution in [0.2, 0.25) is 0 Å². The Kier molecular flexibility index (Phi) is 4.90. The summed E-state index contributed by atoms with van der Waals surface area (Å²) in [4.78, 5) is 12.1. The molecule has 23 heavy (non-hydrogen) atoms. The fraction of sp³-hybridized carbons (Fsp3) is 0.632. The lowest BCUT2D eigenvalue weighted by Gasteiger charge is -2.32. The van der Waals surface area contributed by atoms with Crippen molar-refractivity contribution in [3.8, 4) is 5.75 Å². The highest BCUT2D eigenvalue weighted by Crippen LogP contribution is 2.39. The van der Waals surface area contributed by atoms with Crippen LogP contribution >= 0.6 is 0 Å². The first-order valence-electron chi connectivity index (χ1n) is 8.70. The summed E-state index contributed by atoms with van der Waals surface area (Å²) < 4.78 is 11.7. The largest absolute Gasteiger partial charge is 0.483 e. The lowest BCUT2D eigenvalue weighted by Crippen LogP contribution is -2.39. The van der Waals surface area contributed by atoms with Gasteiger partial charge in [0.15, 0.2) is 6.61 Å². The maximum atomic E-state index is 12.1. The summed E-state index contributed by atoms with van der Waals surface area (Å²) in [6.45, 7) is 4.75. The molecule has 0 unspecified atom stereocenters. The molecule has 1 aliphatic heterocycles. The van der Waals surface area contributed by atoms with Gasteiger partial charge in [0.25, 0.3) is 5.91 Å². The summed E-state index contributed by atoms with van der Waals surface area (Å²) in [5.41, 5.74) is 2.29. The van der Waals surface area contributed by atoms with Crippen LogP contribution in [0.1, 0.15) is 49.7 Å². The molecule has 2 aliphatic rings. The van der Waals surface area contributed by atoms with Crippen molar-refractivity contribution in [3.63, 3.8) is 0 Å². The zero-order chi connectivity index (χ0) is 16.3. The van der Waals surface area contributed by atoms with Crippen LogP contribution in [0.5, 0.6) is 5.75 Å². The third kappa shape index (κ3) is 3.86. The first-order valence-corrected chi connectivity index (χ1v) is 8.70. The molecular formula is C19H27NO3. The molecule has 1 aromatic carbocycles. The maximum Gasteiger partial charge on any atom is 0.258 e. The first-order chi connectivity index (χ1) is 11.1. The highest BCUT2D eigenvalue weighted by Gasteiger charge is 2.41. The van der Waals surface area contributed by atoms with Gasteiger partial charge in [0.05, 0.1) is 18.2 Å². The molecule has 4 nitrogen and oxygen atoms in total. The highest BCUT2D eigenvalue weighted by atomic mass is 16.5. The van der Waals surface area contributed by atoms with E-state index in [-0.39, 0.29) is 24.2 Å². The molecule has 4 heteroatoms. The molecule has 1 N–H and O–H groups in total. The quantitative estimate of drug-likeness (QED) is 0.927. The normalized spacial score (nSPS) is 23.0. The van der Waals surface area contributed by atoms with Gasteiger partial charge in [-0.05, 0) is 50.3 Å². The number of hydrogen-bond donors (Lipinski definition) is 1. The van der Waals surface area contributed by atoms with E-state index in [1.165, 1.54) is 24.8 Å². The predicted octanol–water partition coefficient (Wildman–Crippen LogP) is 3.29. The minimum atomic E-state index is -0.0626. The SMILES string of the molecule is Cc1cccc(OCC(=O)N[C@H]2COC3(CCCCC3)C2)c1C. The van der Waals surface area contributed by atoms with Gasteiger partial charge >= 0.3 is 0 Å². The van der Waals surface area contributed by atoms with Gasteiger partial charge in [0, 0.05) is 0 Å². The second kappa shape index (κ2) is 6.91. The van der Waals surface area contributed by atoms with Gasteiger partial charge in [-0.15, -0.1) is 0 Å². The molecule has 1 atom stereocenters. The van der Waals surface area contributed by atoms with Crippen LogP contribution in [0, 0.1) is 13.8 Å². The average molecular weight is 317 g/mol. The molecule has 0 bridgehead atoms. The molecule has 2 fully saturated rings. The summed E-state index contributed by atoms with van der Waals surface area (Å²) in [7, 11) is 0. The minimum absolute atomic E-state index is 0.0319. The van der Waals surface area contributed by atoms with Crippen molar-refractivity contribution < 1.29 is 14.3 Å². The van der Waals surface area contributed by atoms with E-state index in [1.54, 1.807) is 0 Å². The number of hydrogen-bond acceptors (Lipinski definition) is 3. The Labute approximate surface area is 138 Å². The van der Waals surface area contributed by atoms with Crippen LogP contribution in [0.15, 0.2) is 18.2 Å². The van der Waals surface area contributed by atoms with E-state index < -0.39 is 0 Å². The lowest BCUT2D eigenvalue weighted by molar-refractivity contribution is -0.123. The lowest BCUT2D eigenvalue weighted by atomic mass is 9.82. The van der Waals surface area contributed by atoms with Crippen molar-refractivity contribution in [1.82, 2.24) is 5.32 Å². The second-order valence-electron chi connectivity index (χ2n) is 7.01. The Morgan fingerprint density at radius 2 is 2.09 bits per heavy atom. The van der Waals surface area contributed by atoms with Crippen LogP contribution in [0.4, 0.5) is 0 Å². The molecule has 1 amide bonds. The number of benzene rings is 1. The number of aryl methyl sites for hydroxylation is 1. The standard InChI is InChI=1S/C19H27NO3/c1-14-7-6-8-17(15(14)2)22-13-18(21)20-16-11-19(23-12-16)9-4-3-5-10-19/h6-8,16H,3-5,9-13H2,1-2H3,(H,20,21)/t16-/m1/s1. The molecule has 1 aromatic rings. The fourth-order valence-corrected chi connectivity index (χ4v) is 3.77. The average Bonchev–Trinajstić information content (AvgIpc) is 2.91. The molecule has 1 saturated heterocycles. The molecule has 3 rings (SSSR count). The van der Waals surface area contributed by atoms with Crippen molar-refractivity contribution in [2.45, 2.75) is 64.0 Å². The highest BCUT2D eigenvalue weighted by molar-refractivity contribution is 5.78. The molecule has 126 valence electrons. The zero-order valence-corrected chi connectivity index (χ0v) is 14.2. The minimum Gasteiger partial charge on any atom is -0.483 e. The van der Waals surface area contributed by atoms with Gasteiger partial charge in [-0.2, -0.15) is 0 Å². The van der Waals surface area contributed by atoms with Crippen LogP contribution in [0.3, 0.4) is 0 Å². The fourth-order valence-electron chi connectivity index (χ4n) is 3.77. The van der Waals surface area contributed by atoms with E-state index in [9.17, 15) is 4.79 Å². The van der Waals surface area contributed by atoms with Crippen molar-refractivity contribution in [2.75, 3.05) is 13.2 Å². The third-order valence-corrected chi connectivity index (χ3v) is 5.25. The van der Waals surface area contributed by atoms with E-state index in [2.05, 4.69) is 5.32 Å². The van der Waals surface area contributed by atoms with Crippen LogP contribution in [-0.4, -0.2) is 30.8 Å². The Morgan fingerprint density at radius 3 is 2.87 bits per heavy atom. The van der Waals surface area contributed by atoms with Crippen molar-refractivity contribution >= 4 is 5.91 Å². The van der Waals surface area contributed by atoms with Crippen molar-refractivity contribution in [3.05, 3.63) is 29.3 Å². The number of rotatable bonds is 4. The molecule has 1 spiro atoms. The Morgan fingerprint density at radius 1 is 1.30 bits per heavy atom. The molecule has 0 radical (unpaired) electrons. The summed E-state index contributed by atoms with van der Waals surface area (Å²) >= 11 is 0. The monoisotopic (exact) mass is 317 g/mol. The Hall–Kier alpha value is -1.55. The van der Waals surface area contributed by atoms with Crippen LogP contribution < -0.4 is 10.1 Å². The van der Waals surface area contributed by atoms with Gasteiger partial charge in [-0.25, -0.2) is 0 Å². The summed E-state index contributed by atoms with van der Waals surface area (Å²) in [6, 6.07) is 6.03. The van der Waals surface area contributed by atoms with E-state index in [0.717, 1.165) is 30.6 Å². The summed E-state index contributed by atoms with van der Waals surface area (Å²) in [5, 5.41) is 3.07. The number of amides is 1. The first kappa shape index (κ1) is 16.3. The van der Waals surface area contributed by atoms with Crippen LogP contribution in [-0.2, 0) is 9.53 Å². The molecule has 1 saturated carbocycles. The van der Waals surface area contributed by atoms with Gasteiger partial charge < -0.3 is 14.8 Å². The van der Waals surface area contributed by atoms with Crippen molar-refractivity contribution in [1.29, 1.82) is 0 Å². The molecule has 0 aromatic heterocycles.